The molecule has 3 aromatic rings. The van der Waals surface area contributed by atoms with Crippen molar-refractivity contribution in [1.29, 1.82) is 5.26 Å². The van der Waals surface area contributed by atoms with E-state index in [9.17, 15) is 18.5 Å². The average molecular weight is 522 g/mol. The number of sulfone groups is 1. The fourth-order valence-corrected chi connectivity index (χ4v) is 4.88. The fourth-order valence-electron chi connectivity index (χ4n) is 3.20. The van der Waals surface area contributed by atoms with E-state index in [2.05, 4.69) is 14.7 Å². The number of nitrogens with zero attached hydrogens (tertiary/aromatic N) is 4. The Morgan fingerprint density at radius 3 is 2.47 bits per heavy atom. The minimum absolute atomic E-state index is 0.0327. The number of ether oxygens (including phenoxy) is 2. The van der Waals surface area contributed by atoms with Gasteiger partial charge in [0.15, 0.2) is 0 Å². The lowest BCUT2D eigenvalue weighted by molar-refractivity contribution is -0.112. The molecule has 1 N–H and O–H groups in total. The van der Waals surface area contributed by atoms with Crippen molar-refractivity contribution in [3.63, 3.8) is 0 Å². The van der Waals surface area contributed by atoms with Crippen molar-refractivity contribution in [1.82, 2.24) is 13.9 Å². The summed E-state index contributed by atoms with van der Waals surface area (Å²) in [6.07, 6.45) is 2.40. The minimum Gasteiger partial charge on any atom is -0.495 e. The van der Waals surface area contributed by atoms with Crippen LogP contribution < -0.4 is 14.8 Å². The number of aryl methyl sites for hydroxylation is 1. The monoisotopic (exact) mass is 521 g/mol. The molecule has 0 atom stereocenters. The van der Waals surface area contributed by atoms with E-state index < -0.39 is 20.9 Å². The summed E-state index contributed by atoms with van der Waals surface area (Å²) in [6, 6.07) is 7.06. The lowest BCUT2D eigenvalue weighted by Gasteiger charge is -2.16. The standard InChI is InChI=1S/C21H20ClN5O5S2/c1-11-6-13(12(2)27(11)16-8-15(22)17(31-3)9-18(16)32-4)7-14(10-23)19(28)24-20-25-21(26-33-20)34(5,29)30/h6-9H,1-5H3,(H,24,25,26,28). The highest BCUT2D eigenvalue weighted by molar-refractivity contribution is 7.90. The maximum atomic E-state index is 12.6. The molecule has 178 valence electrons. The molecule has 0 fully saturated rings. The van der Waals surface area contributed by atoms with Gasteiger partial charge in [0.2, 0.25) is 15.0 Å². The Bertz CT molecular complexity index is 1450. The van der Waals surface area contributed by atoms with Gasteiger partial charge in [0, 0.05) is 35.2 Å². The molecule has 0 aliphatic rings. The number of hydrogen-bond donors (Lipinski definition) is 1. The highest BCUT2D eigenvalue weighted by Gasteiger charge is 2.20. The van der Waals surface area contributed by atoms with E-state index in [4.69, 9.17) is 21.1 Å². The average Bonchev–Trinajstić information content (AvgIpc) is 3.35. The number of carbonyl (C=O) groups is 1. The Hall–Kier alpha value is -3.40. The van der Waals surface area contributed by atoms with E-state index in [1.54, 1.807) is 12.1 Å². The summed E-state index contributed by atoms with van der Waals surface area (Å²) < 4.78 is 39.4. The van der Waals surface area contributed by atoms with Gasteiger partial charge in [0.1, 0.15) is 23.1 Å². The van der Waals surface area contributed by atoms with Gasteiger partial charge >= 0.3 is 0 Å². The summed E-state index contributed by atoms with van der Waals surface area (Å²) in [5.41, 5.74) is 2.62. The molecule has 1 aromatic carbocycles. The molecule has 0 aliphatic carbocycles. The largest absolute Gasteiger partial charge is 0.495 e. The molecule has 2 heterocycles. The van der Waals surface area contributed by atoms with Crippen LogP contribution in [0.3, 0.4) is 0 Å². The van der Waals surface area contributed by atoms with Crippen LogP contribution in [0.4, 0.5) is 5.13 Å². The van der Waals surface area contributed by atoms with E-state index in [0.29, 0.717) is 39.3 Å². The van der Waals surface area contributed by atoms with Crippen LogP contribution in [0, 0.1) is 25.2 Å². The minimum atomic E-state index is -3.61. The molecule has 34 heavy (non-hydrogen) atoms. The summed E-state index contributed by atoms with van der Waals surface area (Å²) in [5, 5.41) is 11.9. The summed E-state index contributed by atoms with van der Waals surface area (Å²) in [6.45, 7) is 3.69. The quantitative estimate of drug-likeness (QED) is 0.368. The van der Waals surface area contributed by atoms with Crippen molar-refractivity contribution in [2.24, 2.45) is 0 Å². The Kier molecular flexibility index (Phi) is 7.30. The predicted octanol–water partition coefficient (Wildman–Crippen LogP) is 3.57. The first kappa shape index (κ1) is 25.2. The highest BCUT2D eigenvalue weighted by Crippen LogP contribution is 2.37. The number of benzene rings is 1. The highest BCUT2D eigenvalue weighted by atomic mass is 35.5. The third-order valence-corrected chi connectivity index (χ3v) is 6.68. The van der Waals surface area contributed by atoms with Crippen LogP contribution in [-0.2, 0) is 14.6 Å². The van der Waals surface area contributed by atoms with Crippen molar-refractivity contribution < 1.29 is 22.7 Å². The number of rotatable bonds is 7. The third kappa shape index (κ3) is 5.06. The summed E-state index contributed by atoms with van der Waals surface area (Å²) in [4.78, 5) is 16.4. The summed E-state index contributed by atoms with van der Waals surface area (Å²) in [5.74, 6) is 0.243. The second kappa shape index (κ2) is 9.84. The van der Waals surface area contributed by atoms with E-state index >= 15 is 0 Å². The third-order valence-electron chi connectivity index (χ3n) is 4.79. The first-order valence-corrected chi connectivity index (χ1v) is 12.6. The van der Waals surface area contributed by atoms with Crippen LogP contribution in [0.2, 0.25) is 5.02 Å². The molecule has 0 saturated carbocycles. The van der Waals surface area contributed by atoms with E-state index in [1.165, 1.54) is 20.3 Å². The van der Waals surface area contributed by atoms with Gasteiger partial charge in [-0.15, -0.1) is 0 Å². The number of anilines is 1. The van der Waals surface area contributed by atoms with E-state index in [0.717, 1.165) is 17.6 Å². The van der Waals surface area contributed by atoms with Gasteiger partial charge in [-0.25, -0.2) is 8.42 Å². The first-order valence-electron chi connectivity index (χ1n) is 9.57. The first-order chi connectivity index (χ1) is 16.0. The fraction of sp³-hybridized carbons (Fsp3) is 0.238. The Labute approximate surface area is 205 Å². The van der Waals surface area contributed by atoms with Gasteiger partial charge in [0.05, 0.1) is 24.9 Å². The Morgan fingerprint density at radius 2 is 1.91 bits per heavy atom. The molecule has 13 heteroatoms. The molecule has 0 saturated heterocycles. The second-order valence-electron chi connectivity index (χ2n) is 7.10. The summed E-state index contributed by atoms with van der Waals surface area (Å²) >= 11 is 7.03. The van der Waals surface area contributed by atoms with Gasteiger partial charge in [-0.1, -0.05) is 11.6 Å². The Morgan fingerprint density at radius 1 is 1.24 bits per heavy atom. The van der Waals surface area contributed by atoms with E-state index in [-0.39, 0.29) is 10.7 Å². The lowest BCUT2D eigenvalue weighted by atomic mass is 10.1. The molecule has 3 rings (SSSR count). The zero-order valence-electron chi connectivity index (χ0n) is 18.8. The van der Waals surface area contributed by atoms with Crippen LogP contribution in [-0.4, -0.2) is 48.7 Å². The molecule has 0 spiro atoms. The maximum absolute atomic E-state index is 12.6. The zero-order valence-corrected chi connectivity index (χ0v) is 21.2. The number of nitrogens with one attached hydrogen (secondary N) is 1. The summed E-state index contributed by atoms with van der Waals surface area (Å²) in [7, 11) is -0.575. The topological polar surface area (TPSA) is 136 Å². The van der Waals surface area contributed by atoms with Crippen LogP contribution in [0.15, 0.2) is 28.9 Å². The maximum Gasteiger partial charge on any atom is 0.268 e. The van der Waals surface area contributed by atoms with Crippen molar-refractivity contribution in [2.75, 3.05) is 25.8 Å². The van der Waals surface area contributed by atoms with Crippen LogP contribution >= 0.6 is 23.1 Å². The molecule has 0 bridgehead atoms. The van der Waals surface area contributed by atoms with Crippen molar-refractivity contribution >= 4 is 50.1 Å². The van der Waals surface area contributed by atoms with Gasteiger partial charge in [-0.2, -0.15) is 14.6 Å². The Balaban J connectivity index is 1.98. The molecule has 0 unspecified atom stereocenters. The van der Waals surface area contributed by atoms with Gasteiger partial charge in [-0.3, -0.25) is 10.1 Å². The molecule has 1 amide bonds. The smallest absolute Gasteiger partial charge is 0.268 e. The SMILES string of the molecule is COc1cc(OC)c(-n2c(C)cc(C=C(C#N)C(=O)Nc3nc(S(C)(=O)=O)ns3)c2C)cc1Cl. The van der Waals surface area contributed by atoms with Crippen LogP contribution in [0.25, 0.3) is 11.8 Å². The normalized spacial score (nSPS) is 11.7. The number of carbonyl (C=O) groups excluding carboxylic acids is 1. The van der Waals surface area contributed by atoms with Crippen molar-refractivity contribution in [3.8, 4) is 23.3 Å². The van der Waals surface area contributed by atoms with Gasteiger partial charge in [-0.05, 0) is 37.6 Å². The molecule has 2 aromatic heterocycles. The molecule has 0 aliphatic heterocycles. The number of hydrogen-bond acceptors (Lipinski definition) is 9. The van der Waals surface area contributed by atoms with Gasteiger partial charge in [0.25, 0.3) is 11.1 Å². The molecular weight excluding hydrogens is 502 g/mol. The number of aromatic nitrogens is 3. The predicted molar refractivity (Wildman–Crippen MR) is 129 cm³/mol. The number of methoxy groups -OCH3 is 2. The number of amides is 1. The zero-order chi connectivity index (χ0) is 25.2. The molecular formula is C21H20ClN5O5S2. The second-order valence-corrected chi connectivity index (χ2v) is 10.2. The number of halogens is 1. The van der Waals surface area contributed by atoms with Crippen molar-refractivity contribution in [2.45, 2.75) is 19.0 Å². The molecule has 10 nitrogen and oxygen atoms in total. The van der Waals surface area contributed by atoms with Crippen LogP contribution in [0.1, 0.15) is 17.0 Å². The van der Waals surface area contributed by atoms with Gasteiger partial charge < -0.3 is 14.0 Å². The van der Waals surface area contributed by atoms with Crippen LogP contribution in [0.5, 0.6) is 11.5 Å². The lowest BCUT2D eigenvalue weighted by Crippen LogP contribution is -2.13. The number of nitriles is 1. The van der Waals surface area contributed by atoms with Crippen molar-refractivity contribution in [3.05, 3.63) is 45.7 Å². The van der Waals surface area contributed by atoms with E-state index in [1.807, 2.05) is 30.6 Å². The molecule has 0 radical (unpaired) electrons.